The van der Waals surface area contributed by atoms with Crippen LogP contribution < -0.4 is 9.54 Å². The number of carbonyl (C=O) groups is 2. The van der Waals surface area contributed by atoms with Crippen LogP contribution >= 0.6 is 11.3 Å². The molecule has 0 atom stereocenters. The number of rotatable bonds is 6. The first kappa shape index (κ1) is 21.8. The number of benzene rings is 2. The van der Waals surface area contributed by atoms with Crippen molar-refractivity contribution in [1.82, 2.24) is 4.57 Å². The van der Waals surface area contributed by atoms with E-state index < -0.39 is 0 Å². The Labute approximate surface area is 179 Å². The Morgan fingerprint density at radius 3 is 2.40 bits per heavy atom. The lowest BCUT2D eigenvalue weighted by atomic mass is 10.1. The molecule has 0 aliphatic heterocycles. The highest BCUT2D eigenvalue weighted by Crippen LogP contribution is 2.22. The van der Waals surface area contributed by atoms with Crippen LogP contribution in [0.3, 0.4) is 0 Å². The average molecular weight is 427 g/mol. The molecular weight excluding hydrogens is 400 g/mol. The monoisotopic (exact) mass is 426 g/mol. The Kier molecular flexibility index (Phi) is 6.72. The summed E-state index contributed by atoms with van der Waals surface area (Å²) in [7, 11) is 0. The van der Waals surface area contributed by atoms with Crippen LogP contribution in [-0.4, -0.2) is 29.2 Å². The number of ether oxygens (including phenoxy) is 2. The second-order valence-corrected chi connectivity index (χ2v) is 8.30. The van der Waals surface area contributed by atoms with E-state index in [2.05, 4.69) is 11.1 Å². The Morgan fingerprint density at radius 2 is 1.77 bits per heavy atom. The molecule has 1 aromatic heterocycles. The number of esters is 1. The van der Waals surface area contributed by atoms with Crippen molar-refractivity contribution in [3.05, 3.63) is 57.9 Å². The van der Waals surface area contributed by atoms with Gasteiger partial charge in [0.05, 0.1) is 22.9 Å². The number of aromatic nitrogens is 1. The predicted molar refractivity (Wildman–Crippen MR) is 118 cm³/mol. The third-order valence-electron chi connectivity index (χ3n) is 4.56. The zero-order chi connectivity index (χ0) is 21.8. The SMILES string of the molecule is CCOC(=O)Cn1c(=NC(=O)c2ccc(OC(C)C)cc2)sc2cc(C)c(C)cc21. The molecule has 0 fully saturated rings. The molecule has 0 aliphatic rings. The quantitative estimate of drug-likeness (QED) is 0.548. The summed E-state index contributed by atoms with van der Waals surface area (Å²) in [4.78, 5) is 29.7. The van der Waals surface area contributed by atoms with Gasteiger partial charge in [-0.15, -0.1) is 0 Å². The Balaban J connectivity index is 2.03. The van der Waals surface area contributed by atoms with Crippen LogP contribution in [0, 0.1) is 13.8 Å². The van der Waals surface area contributed by atoms with Gasteiger partial charge < -0.3 is 14.0 Å². The summed E-state index contributed by atoms with van der Waals surface area (Å²) >= 11 is 1.38. The van der Waals surface area contributed by atoms with Gasteiger partial charge in [0.2, 0.25) is 0 Å². The van der Waals surface area contributed by atoms with Crippen LogP contribution in [0.1, 0.15) is 42.3 Å². The molecule has 0 N–H and O–H groups in total. The third-order valence-corrected chi connectivity index (χ3v) is 5.60. The molecule has 0 spiro atoms. The highest BCUT2D eigenvalue weighted by atomic mass is 32.1. The highest BCUT2D eigenvalue weighted by molar-refractivity contribution is 7.16. The first-order chi connectivity index (χ1) is 14.3. The first-order valence-electron chi connectivity index (χ1n) is 9.90. The van der Waals surface area contributed by atoms with E-state index >= 15 is 0 Å². The number of aryl methyl sites for hydroxylation is 2. The maximum Gasteiger partial charge on any atom is 0.326 e. The minimum absolute atomic E-state index is 0.00359. The normalized spacial score (nSPS) is 11.9. The summed E-state index contributed by atoms with van der Waals surface area (Å²) < 4.78 is 13.4. The maximum atomic E-state index is 12.8. The van der Waals surface area contributed by atoms with Gasteiger partial charge in [-0.05, 0) is 82.1 Å². The second-order valence-electron chi connectivity index (χ2n) is 7.29. The molecule has 30 heavy (non-hydrogen) atoms. The smallest absolute Gasteiger partial charge is 0.326 e. The average Bonchev–Trinajstić information content (AvgIpc) is 2.98. The molecule has 7 heteroatoms. The van der Waals surface area contributed by atoms with Crippen LogP contribution in [0.15, 0.2) is 41.4 Å². The molecule has 0 aliphatic carbocycles. The second kappa shape index (κ2) is 9.26. The van der Waals surface area contributed by atoms with Crippen molar-refractivity contribution in [3.8, 4) is 5.75 Å². The van der Waals surface area contributed by atoms with Crippen LogP contribution in [-0.2, 0) is 16.1 Å². The fraction of sp³-hybridized carbons (Fsp3) is 0.348. The summed E-state index contributed by atoms with van der Waals surface area (Å²) in [6.45, 7) is 10.0. The lowest BCUT2D eigenvalue weighted by Crippen LogP contribution is -2.23. The zero-order valence-electron chi connectivity index (χ0n) is 17.9. The van der Waals surface area contributed by atoms with Crippen LogP contribution in [0.25, 0.3) is 10.2 Å². The summed E-state index contributed by atoms with van der Waals surface area (Å²) in [6.07, 6.45) is 0.0588. The molecule has 3 aromatic rings. The van der Waals surface area contributed by atoms with Gasteiger partial charge in [-0.2, -0.15) is 4.99 Å². The van der Waals surface area contributed by atoms with Gasteiger partial charge in [0.15, 0.2) is 4.80 Å². The fourth-order valence-corrected chi connectivity index (χ4v) is 4.10. The van der Waals surface area contributed by atoms with Gasteiger partial charge >= 0.3 is 5.97 Å². The van der Waals surface area contributed by atoms with Crippen molar-refractivity contribution in [1.29, 1.82) is 0 Å². The van der Waals surface area contributed by atoms with E-state index in [1.54, 1.807) is 35.8 Å². The summed E-state index contributed by atoms with van der Waals surface area (Å²) in [5, 5.41) is 0. The standard InChI is InChI=1S/C23H26N2O4S/c1-6-28-21(26)13-25-19-11-15(4)16(5)12-20(19)30-23(25)24-22(27)17-7-9-18(10-8-17)29-14(2)3/h7-12,14H,6,13H2,1-5H3. The lowest BCUT2D eigenvalue weighted by molar-refractivity contribution is -0.143. The maximum absolute atomic E-state index is 12.8. The number of hydrogen-bond donors (Lipinski definition) is 0. The molecule has 0 saturated carbocycles. The Hall–Kier alpha value is -2.93. The summed E-state index contributed by atoms with van der Waals surface area (Å²) in [6, 6.07) is 11.0. The number of hydrogen-bond acceptors (Lipinski definition) is 5. The third kappa shape index (κ3) is 4.97. The summed E-state index contributed by atoms with van der Waals surface area (Å²) in [5.74, 6) is -0.0324. The van der Waals surface area contributed by atoms with Gasteiger partial charge in [-0.25, -0.2) is 0 Å². The lowest BCUT2D eigenvalue weighted by Gasteiger charge is -2.09. The molecule has 0 radical (unpaired) electrons. The number of nitrogens with zero attached hydrogens (tertiary/aromatic N) is 2. The van der Waals surface area contributed by atoms with E-state index in [-0.39, 0.29) is 24.5 Å². The Morgan fingerprint density at radius 1 is 1.10 bits per heavy atom. The predicted octanol–water partition coefficient (Wildman–Crippen LogP) is 4.41. The molecular formula is C23H26N2O4S. The molecule has 0 saturated heterocycles. The fourth-order valence-electron chi connectivity index (χ4n) is 3.00. The molecule has 2 aromatic carbocycles. The Bertz CT molecular complexity index is 1140. The number of carbonyl (C=O) groups excluding carboxylic acids is 2. The topological polar surface area (TPSA) is 69.9 Å². The largest absolute Gasteiger partial charge is 0.491 e. The van der Waals surface area contributed by atoms with Crippen molar-refractivity contribution in [2.24, 2.45) is 4.99 Å². The number of amides is 1. The van der Waals surface area contributed by atoms with E-state index in [1.165, 1.54) is 11.3 Å². The van der Waals surface area contributed by atoms with E-state index in [1.807, 2.05) is 33.8 Å². The number of thiazole rings is 1. The molecule has 0 bridgehead atoms. The van der Waals surface area contributed by atoms with Crippen molar-refractivity contribution in [3.63, 3.8) is 0 Å². The van der Waals surface area contributed by atoms with Gasteiger partial charge in [-0.3, -0.25) is 9.59 Å². The van der Waals surface area contributed by atoms with Crippen molar-refractivity contribution < 1.29 is 19.1 Å². The number of fused-ring (bicyclic) bond motifs is 1. The molecule has 1 amide bonds. The summed E-state index contributed by atoms with van der Waals surface area (Å²) in [5.41, 5.74) is 3.57. The zero-order valence-corrected chi connectivity index (χ0v) is 18.7. The van der Waals surface area contributed by atoms with Gasteiger partial charge in [0, 0.05) is 5.56 Å². The minimum Gasteiger partial charge on any atom is -0.491 e. The van der Waals surface area contributed by atoms with Crippen molar-refractivity contribution in [2.45, 2.75) is 47.3 Å². The molecule has 0 unspecified atom stereocenters. The van der Waals surface area contributed by atoms with E-state index in [4.69, 9.17) is 9.47 Å². The molecule has 3 rings (SSSR count). The van der Waals surface area contributed by atoms with E-state index in [0.717, 1.165) is 21.3 Å². The molecule has 158 valence electrons. The molecule has 1 heterocycles. The van der Waals surface area contributed by atoms with Crippen LogP contribution in [0.2, 0.25) is 0 Å². The first-order valence-corrected chi connectivity index (χ1v) is 10.7. The highest BCUT2D eigenvalue weighted by Gasteiger charge is 2.14. The van der Waals surface area contributed by atoms with E-state index in [0.29, 0.717) is 22.7 Å². The van der Waals surface area contributed by atoms with Gasteiger partial charge in [0.25, 0.3) is 5.91 Å². The van der Waals surface area contributed by atoms with Gasteiger partial charge in [-0.1, -0.05) is 11.3 Å². The van der Waals surface area contributed by atoms with Crippen LogP contribution in [0.5, 0.6) is 5.75 Å². The minimum atomic E-state index is -0.372. The van der Waals surface area contributed by atoms with Crippen LogP contribution in [0.4, 0.5) is 0 Å². The van der Waals surface area contributed by atoms with Crippen molar-refractivity contribution >= 4 is 33.4 Å². The van der Waals surface area contributed by atoms with Crippen molar-refractivity contribution in [2.75, 3.05) is 6.61 Å². The molecule has 6 nitrogen and oxygen atoms in total. The van der Waals surface area contributed by atoms with Gasteiger partial charge in [0.1, 0.15) is 12.3 Å². The van der Waals surface area contributed by atoms with E-state index in [9.17, 15) is 9.59 Å².